The molecule has 1 aliphatic rings. The van der Waals surface area contributed by atoms with Crippen LogP contribution in [0.2, 0.25) is 0 Å². The molecule has 0 radical (unpaired) electrons. The van der Waals surface area contributed by atoms with Gasteiger partial charge in [-0.05, 0) is 0 Å². The van der Waals surface area contributed by atoms with Gasteiger partial charge in [0.25, 0.3) is 0 Å². The summed E-state index contributed by atoms with van der Waals surface area (Å²) in [4.78, 5) is 31.4. The van der Waals surface area contributed by atoms with Crippen molar-refractivity contribution >= 4 is 27.7 Å². The number of fused-ring (bicyclic) bond motifs is 4. The highest BCUT2D eigenvalue weighted by molar-refractivity contribution is 7.20. The Morgan fingerprint density at radius 1 is 0.833 bits per heavy atom. The highest BCUT2D eigenvalue weighted by atomic mass is 32.1. The highest BCUT2D eigenvalue weighted by Crippen LogP contribution is 2.37. The Balaban J connectivity index is 1.81. The summed E-state index contributed by atoms with van der Waals surface area (Å²) in [5.74, 6) is -0.212. The zero-order valence-corrected chi connectivity index (χ0v) is 13.2. The topological polar surface area (TPSA) is 51.4 Å². The van der Waals surface area contributed by atoms with E-state index >= 15 is 0 Å². The Hall–Kier alpha value is -3.05. The Labute approximate surface area is 141 Å². The van der Waals surface area contributed by atoms with E-state index in [1.54, 1.807) is 35.0 Å². The van der Waals surface area contributed by atoms with Crippen LogP contribution in [0.3, 0.4) is 0 Å². The van der Waals surface area contributed by atoms with E-state index in [1.807, 2.05) is 30.3 Å². The van der Waals surface area contributed by atoms with Gasteiger partial charge >= 0.3 is 0 Å². The fourth-order valence-corrected chi connectivity index (χ4v) is 4.33. The molecule has 2 aromatic carbocycles. The van der Waals surface area contributed by atoms with Crippen molar-refractivity contribution in [3.05, 3.63) is 82.6 Å². The van der Waals surface area contributed by atoms with Crippen LogP contribution >= 0.6 is 11.3 Å². The number of rotatable bonds is 1. The number of aromatic nitrogens is 2. The van der Waals surface area contributed by atoms with Gasteiger partial charge in [-0.25, -0.2) is 4.98 Å². The van der Waals surface area contributed by atoms with Gasteiger partial charge in [0.05, 0.1) is 0 Å². The predicted molar refractivity (Wildman–Crippen MR) is 91.8 cm³/mol. The fourth-order valence-electron chi connectivity index (χ4n) is 3.14. The number of hydrogen-bond acceptors (Lipinski definition) is 4. The molecule has 0 amide bonds. The molecule has 0 fully saturated rings. The molecule has 24 heavy (non-hydrogen) atoms. The zero-order chi connectivity index (χ0) is 16.3. The maximum Gasteiger partial charge on any atom is 0.212 e. The first-order valence-corrected chi connectivity index (χ1v) is 8.31. The van der Waals surface area contributed by atoms with E-state index in [0.717, 1.165) is 16.1 Å². The zero-order valence-electron chi connectivity index (χ0n) is 12.4. The van der Waals surface area contributed by atoms with Gasteiger partial charge in [-0.2, -0.15) is 0 Å². The summed E-state index contributed by atoms with van der Waals surface area (Å²) >= 11 is 1.33. The molecule has 0 bridgehead atoms. The van der Waals surface area contributed by atoms with Crippen molar-refractivity contribution in [1.29, 1.82) is 0 Å². The molecule has 0 spiro atoms. The first kappa shape index (κ1) is 13.4. The lowest BCUT2D eigenvalue weighted by atomic mass is 9.91. The van der Waals surface area contributed by atoms with E-state index in [9.17, 15) is 9.59 Å². The Bertz CT molecular complexity index is 1140. The van der Waals surface area contributed by atoms with Gasteiger partial charge in [-0.3, -0.25) is 14.0 Å². The molecular weight excluding hydrogens is 320 g/mol. The smallest absolute Gasteiger partial charge is 0.212 e. The first-order chi connectivity index (χ1) is 11.8. The van der Waals surface area contributed by atoms with E-state index in [1.165, 1.54) is 11.3 Å². The maximum absolute atomic E-state index is 12.9. The van der Waals surface area contributed by atoms with Crippen LogP contribution in [-0.2, 0) is 0 Å². The quantitative estimate of drug-likeness (QED) is 0.469. The number of hydrogen-bond donors (Lipinski definition) is 0. The highest BCUT2D eigenvalue weighted by Gasteiger charge is 2.34. The molecule has 114 valence electrons. The number of imidazole rings is 1. The van der Waals surface area contributed by atoms with Crippen molar-refractivity contribution in [2.24, 2.45) is 0 Å². The molecule has 0 atom stereocenters. The summed E-state index contributed by atoms with van der Waals surface area (Å²) in [6, 6.07) is 16.8. The van der Waals surface area contributed by atoms with E-state index in [2.05, 4.69) is 4.98 Å². The van der Waals surface area contributed by atoms with Crippen LogP contribution in [-0.4, -0.2) is 21.0 Å². The van der Waals surface area contributed by atoms with E-state index in [4.69, 9.17) is 0 Å². The van der Waals surface area contributed by atoms with Crippen molar-refractivity contribution in [3.8, 4) is 11.3 Å². The van der Waals surface area contributed by atoms with Crippen molar-refractivity contribution in [1.82, 2.24) is 9.38 Å². The summed E-state index contributed by atoms with van der Waals surface area (Å²) in [5.41, 5.74) is 3.13. The Kier molecular flexibility index (Phi) is 2.64. The molecule has 1 aliphatic carbocycles. The van der Waals surface area contributed by atoms with Gasteiger partial charge in [0.2, 0.25) is 11.6 Å². The third-order valence-electron chi connectivity index (χ3n) is 4.26. The first-order valence-electron chi connectivity index (χ1n) is 7.49. The van der Waals surface area contributed by atoms with Crippen LogP contribution in [0.1, 0.15) is 31.3 Å². The molecule has 4 nitrogen and oxygen atoms in total. The van der Waals surface area contributed by atoms with Crippen LogP contribution in [0.25, 0.3) is 16.1 Å². The molecule has 0 saturated carbocycles. The molecule has 0 aliphatic heterocycles. The van der Waals surface area contributed by atoms with Crippen molar-refractivity contribution in [2.45, 2.75) is 0 Å². The molecule has 0 N–H and O–H groups in total. The van der Waals surface area contributed by atoms with Crippen LogP contribution in [0.5, 0.6) is 0 Å². The molecule has 0 saturated heterocycles. The monoisotopic (exact) mass is 330 g/mol. The second-order valence-electron chi connectivity index (χ2n) is 5.62. The third-order valence-corrected chi connectivity index (χ3v) is 5.43. The SMILES string of the molecule is O=C1c2ccccc2C(=O)c2c1sc1c(-c3ccccc3)ncn21. The number of carbonyl (C=O) groups excluding carboxylic acids is 2. The van der Waals surface area contributed by atoms with Gasteiger partial charge in [0.1, 0.15) is 27.4 Å². The van der Waals surface area contributed by atoms with Crippen LogP contribution in [0.15, 0.2) is 60.9 Å². The average molecular weight is 330 g/mol. The molecule has 5 heteroatoms. The summed E-state index contributed by atoms with van der Waals surface area (Å²) in [6.07, 6.45) is 1.63. The van der Waals surface area contributed by atoms with Gasteiger partial charge in [0.15, 0.2) is 0 Å². The number of nitrogens with zero attached hydrogens (tertiary/aromatic N) is 2. The summed E-state index contributed by atoms with van der Waals surface area (Å²) in [6.45, 7) is 0. The van der Waals surface area contributed by atoms with Crippen molar-refractivity contribution < 1.29 is 9.59 Å². The van der Waals surface area contributed by atoms with Crippen molar-refractivity contribution in [3.63, 3.8) is 0 Å². The Morgan fingerprint density at radius 3 is 2.25 bits per heavy atom. The second kappa shape index (κ2) is 4.72. The van der Waals surface area contributed by atoms with Gasteiger partial charge in [-0.1, -0.05) is 54.6 Å². The summed E-state index contributed by atoms with van der Waals surface area (Å²) in [5, 5.41) is 0. The number of carbonyl (C=O) groups is 2. The minimum atomic E-state index is -0.122. The number of thiazole rings is 1. The lowest BCUT2D eigenvalue weighted by Gasteiger charge is -2.13. The standard InChI is InChI=1S/C19H10N2O2S/c22-16-12-8-4-5-9-13(12)17(23)18-15(16)21-10-20-14(19(21)24-18)11-6-2-1-3-7-11/h1-10H. The molecular formula is C19H10N2O2S. The molecule has 5 rings (SSSR count). The molecule has 2 heterocycles. The summed E-state index contributed by atoms with van der Waals surface area (Å²) < 4.78 is 1.75. The van der Waals surface area contributed by atoms with Crippen LogP contribution in [0.4, 0.5) is 0 Å². The van der Waals surface area contributed by atoms with Gasteiger partial charge < -0.3 is 0 Å². The fraction of sp³-hybridized carbons (Fsp3) is 0. The molecule has 0 unspecified atom stereocenters. The van der Waals surface area contributed by atoms with E-state index < -0.39 is 0 Å². The van der Waals surface area contributed by atoms with Gasteiger partial charge in [0, 0.05) is 16.7 Å². The molecule has 4 aromatic rings. The van der Waals surface area contributed by atoms with Crippen LogP contribution in [0, 0.1) is 0 Å². The lowest BCUT2D eigenvalue weighted by molar-refractivity contribution is 0.0978. The van der Waals surface area contributed by atoms with Crippen molar-refractivity contribution in [2.75, 3.05) is 0 Å². The third kappa shape index (κ3) is 1.64. The largest absolute Gasteiger partial charge is 0.288 e. The second-order valence-corrected chi connectivity index (χ2v) is 6.62. The Morgan fingerprint density at radius 2 is 1.50 bits per heavy atom. The average Bonchev–Trinajstić information content (AvgIpc) is 3.20. The number of benzene rings is 2. The summed E-state index contributed by atoms with van der Waals surface area (Å²) in [7, 11) is 0. The minimum absolute atomic E-state index is 0.0899. The van der Waals surface area contributed by atoms with Gasteiger partial charge in [-0.15, -0.1) is 11.3 Å². The predicted octanol–water partition coefficient (Wildman–Crippen LogP) is 3.84. The maximum atomic E-state index is 12.9. The number of ketones is 2. The van der Waals surface area contributed by atoms with E-state index in [-0.39, 0.29) is 11.6 Å². The minimum Gasteiger partial charge on any atom is -0.288 e. The normalized spacial score (nSPS) is 13.2. The lowest BCUT2D eigenvalue weighted by Crippen LogP contribution is -2.20. The molecule has 2 aromatic heterocycles. The van der Waals surface area contributed by atoms with Crippen LogP contribution < -0.4 is 0 Å². The van der Waals surface area contributed by atoms with E-state index in [0.29, 0.717) is 21.7 Å².